The zero-order valence-corrected chi connectivity index (χ0v) is 11.4. The summed E-state index contributed by atoms with van der Waals surface area (Å²) in [6.45, 7) is 4.00. The number of ether oxygens (including phenoxy) is 1. The standard InChI is InChI=1S/C14H18FN3O/c1-9-6-12(18(3)17-9)8-19-14-5-4-11(10(2)16)7-13(14)15/h4-7,10H,8,16H2,1-3H3/t10-/m0/s1. The zero-order chi connectivity index (χ0) is 14.0. The van der Waals surface area contributed by atoms with Gasteiger partial charge < -0.3 is 10.5 Å². The van der Waals surface area contributed by atoms with E-state index < -0.39 is 5.82 Å². The summed E-state index contributed by atoms with van der Waals surface area (Å²) in [4.78, 5) is 0. The van der Waals surface area contributed by atoms with Crippen LogP contribution in [0.3, 0.4) is 0 Å². The van der Waals surface area contributed by atoms with Crippen molar-refractivity contribution < 1.29 is 9.13 Å². The van der Waals surface area contributed by atoms with Crippen molar-refractivity contribution in [2.24, 2.45) is 12.8 Å². The van der Waals surface area contributed by atoms with Crippen molar-refractivity contribution in [3.63, 3.8) is 0 Å². The van der Waals surface area contributed by atoms with Gasteiger partial charge in [0.25, 0.3) is 0 Å². The maximum atomic E-state index is 13.8. The second-order valence-electron chi connectivity index (χ2n) is 4.67. The summed E-state index contributed by atoms with van der Waals surface area (Å²) in [5.74, 6) is -0.169. The highest BCUT2D eigenvalue weighted by Crippen LogP contribution is 2.22. The van der Waals surface area contributed by atoms with Crippen LogP contribution in [0.5, 0.6) is 5.75 Å². The van der Waals surface area contributed by atoms with Gasteiger partial charge in [-0.15, -0.1) is 0 Å². The van der Waals surface area contributed by atoms with Gasteiger partial charge in [0.05, 0.1) is 11.4 Å². The fraction of sp³-hybridized carbons (Fsp3) is 0.357. The van der Waals surface area contributed by atoms with Gasteiger partial charge >= 0.3 is 0 Å². The average Bonchev–Trinajstić information content (AvgIpc) is 2.66. The first kappa shape index (κ1) is 13.5. The van der Waals surface area contributed by atoms with Crippen LogP contribution in [0.2, 0.25) is 0 Å². The van der Waals surface area contributed by atoms with Gasteiger partial charge in [-0.1, -0.05) is 6.07 Å². The van der Waals surface area contributed by atoms with Crippen molar-refractivity contribution in [2.45, 2.75) is 26.5 Å². The Bertz CT molecular complexity index is 578. The highest BCUT2D eigenvalue weighted by molar-refractivity contribution is 5.30. The minimum atomic E-state index is -0.395. The number of nitrogens with zero attached hydrogens (tertiary/aromatic N) is 2. The number of hydrogen-bond donors (Lipinski definition) is 1. The minimum Gasteiger partial charge on any atom is -0.484 e. The third kappa shape index (κ3) is 3.12. The van der Waals surface area contributed by atoms with Gasteiger partial charge in [0.15, 0.2) is 11.6 Å². The Morgan fingerprint density at radius 2 is 2.16 bits per heavy atom. The first-order valence-corrected chi connectivity index (χ1v) is 6.14. The van der Waals surface area contributed by atoms with Crippen LogP contribution in [0.4, 0.5) is 4.39 Å². The molecule has 0 unspecified atom stereocenters. The Morgan fingerprint density at radius 3 is 2.68 bits per heavy atom. The molecule has 2 aromatic rings. The van der Waals surface area contributed by atoms with Crippen LogP contribution in [0.25, 0.3) is 0 Å². The van der Waals surface area contributed by atoms with Gasteiger partial charge in [0, 0.05) is 13.1 Å². The third-order valence-corrected chi connectivity index (χ3v) is 2.96. The smallest absolute Gasteiger partial charge is 0.165 e. The summed E-state index contributed by atoms with van der Waals surface area (Å²) in [6.07, 6.45) is 0. The highest BCUT2D eigenvalue weighted by Gasteiger charge is 2.09. The molecule has 5 heteroatoms. The van der Waals surface area contributed by atoms with Crippen molar-refractivity contribution in [2.75, 3.05) is 0 Å². The SMILES string of the molecule is Cc1cc(COc2ccc([C@H](C)N)cc2F)n(C)n1. The van der Waals surface area contributed by atoms with Crippen molar-refractivity contribution in [1.82, 2.24) is 9.78 Å². The molecule has 0 saturated carbocycles. The molecular weight excluding hydrogens is 245 g/mol. The Kier molecular flexibility index (Phi) is 3.85. The molecule has 0 amide bonds. The second-order valence-corrected chi connectivity index (χ2v) is 4.67. The molecule has 0 fully saturated rings. The summed E-state index contributed by atoms with van der Waals surface area (Å²) >= 11 is 0. The first-order chi connectivity index (χ1) is 8.97. The molecule has 0 spiro atoms. The molecule has 0 aliphatic carbocycles. The molecular formula is C14H18FN3O. The molecule has 0 bridgehead atoms. The molecule has 0 radical (unpaired) electrons. The van der Waals surface area contributed by atoms with E-state index in [4.69, 9.17) is 10.5 Å². The molecule has 1 heterocycles. The molecule has 0 saturated heterocycles. The van der Waals surface area contributed by atoms with E-state index >= 15 is 0 Å². The van der Waals surface area contributed by atoms with Crippen molar-refractivity contribution in [1.29, 1.82) is 0 Å². The first-order valence-electron chi connectivity index (χ1n) is 6.14. The van der Waals surface area contributed by atoms with E-state index in [1.165, 1.54) is 6.07 Å². The minimum absolute atomic E-state index is 0.191. The Morgan fingerprint density at radius 1 is 1.42 bits per heavy atom. The predicted molar refractivity (Wildman–Crippen MR) is 71.3 cm³/mol. The molecule has 4 nitrogen and oxygen atoms in total. The van der Waals surface area contributed by atoms with Gasteiger partial charge in [-0.3, -0.25) is 4.68 Å². The van der Waals surface area contributed by atoms with Crippen LogP contribution in [-0.4, -0.2) is 9.78 Å². The van der Waals surface area contributed by atoms with E-state index in [0.717, 1.165) is 17.0 Å². The summed E-state index contributed by atoms with van der Waals surface area (Å²) in [5, 5.41) is 4.21. The molecule has 19 heavy (non-hydrogen) atoms. The van der Waals surface area contributed by atoms with Crippen LogP contribution in [0, 0.1) is 12.7 Å². The molecule has 102 valence electrons. The third-order valence-electron chi connectivity index (χ3n) is 2.96. The summed E-state index contributed by atoms with van der Waals surface area (Å²) in [6, 6.07) is 6.51. The predicted octanol–water partition coefficient (Wildman–Crippen LogP) is 2.47. The van der Waals surface area contributed by atoms with Crippen molar-refractivity contribution in [3.05, 3.63) is 47.0 Å². The number of hydrogen-bond acceptors (Lipinski definition) is 3. The van der Waals surface area contributed by atoms with Crippen LogP contribution >= 0.6 is 0 Å². The van der Waals surface area contributed by atoms with Crippen LogP contribution in [0.15, 0.2) is 24.3 Å². The summed E-state index contributed by atoms with van der Waals surface area (Å²) in [7, 11) is 1.83. The van der Waals surface area contributed by atoms with Gasteiger partial charge in [-0.2, -0.15) is 5.10 Å². The lowest BCUT2D eigenvalue weighted by molar-refractivity contribution is 0.280. The lowest BCUT2D eigenvalue weighted by atomic mass is 10.1. The molecule has 1 aromatic heterocycles. The van der Waals surface area contributed by atoms with E-state index in [0.29, 0.717) is 0 Å². The number of nitrogens with two attached hydrogens (primary N) is 1. The molecule has 0 aliphatic heterocycles. The number of aromatic nitrogens is 2. The Balaban J connectivity index is 2.10. The monoisotopic (exact) mass is 263 g/mol. The van der Waals surface area contributed by atoms with Gasteiger partial charge in [0.1, 0.15) is 6.61 Å². The lowest BCUT2D eigenvalue weighted by Gasteiger charge is -2.10. The average molecular weight is 263 g/mol. The quantitative estimate of drug-likeness (QED) is 0.922. The largest absolute Gasteiger partial charge is 0.484 e. The Hall–Kier alpha value is -1.88. The molecule has 0 aliphatic rings. The van der Waals surface area contributed by atoms with Crippen molar-refractivity contribution >= 4 is 0 Å². The zero-order valence-electron chi connectivity index (χ0n) is 11.4. The number of benzene rings is 1. The second kappa shape index (κ2) is 5.40. The van der Waals surface area contributed by atoms with Crippen LogP contribution in [-0.2, 0) is 13.7 Å². The van der Waals surface area contributed by atoms with Gasteiger partial charge in [-0.25, -0.2) is 4.39 Å². The number of halogens is 1. The summed E-state index contributed by atoms with van der Waals surface area (Å²) in [5.41, 5.74) is 8.26. The highest BCUT2D eigenvalue weighted by atomic mass is 19.1. The van der Waals surface area contributed by atoms with Crippen LogP contribution < -0.4 is 10.5 Å². The number of aryl methyl sites for hydroxylation is 2. The van der Waals surface area contributed by atoms with E-state index in [-0.39, 0.29) is 18.4 Å². The normalized spacial score (nSPS) is 12.5. The fourth-order valence-corrected chi connectivity index (χ4v) is 1.87. The lowest BCUT2D eigenvalue weighted by Crippen LogP contribution is -2.07. The Labute approximate surface area is 112 Å². The topological polar surface area (TPSA) is 53.1 Å². The summed E-state index contributed by atoms with van der Waals surface area (Å²) < 4.78 is 21.0. The molecule has 2 rings (SSSR count). The number of rotatable bonds is 4. The van der Waals surface area contributed by atoms with Gasteiger partial charge in [0.2, 0.25) is 0 Å². The molecule has 1 aromatic carbocycles. The van der Waals surface area contributed by atoms with Crippen LogP contribution in [0.1, 0.15) is 29.9 Å². The van der Waals surface area contributed by atoms with Gasteiger partial charge in [-0.05, 0) is 37.6 Å². The molecule has 1 atom stereocenters. The van der Waals surface area contributed by atoms with Crippen molar-refractivity contribution in [3.8, 4) is 5.75 Å². The maximum absolute atomic E-state index is 13.8. The van der Waals surface area contributed by atoms with E-state index in [9.17, 15) is 4.39 Å². The van der Waals surface area contributed by atoms with E-state index in [1.807, 2.05) is 27.0 Å². The fourth-order valence-electron chi connectivity index (χ4n) is 1.87. The van der Waals surface area contributed by atoms with E-state index in [1.54, 1.807) is 16.8 Å². The maximum Gasteiger partial charge on any atom is 0.165 e. The molecule has 2 N–H and O–H groups in total. The van der Waals surface area contributed by atoms with E-state index in [2.05, 4.69) is 5.10 Å².